The number of nitrogens with zero attached hydrogens (tertiary/aromatic N) is 2. The molecular formula is C23H30N2O7S. The standard InChI is InChI=1S/C23H30N2O7S/c1-24(16-17-7-9-19(29-2)21(14-17)30-3)23(26)6-5-11-25(33(4,27)28)18-8-10-20-22(15-18)32-13-12-31-20/h7-10,14-15H,5-6,11-13,16H2,1-4H3. The lowest BCUT2D eigenvalue weighted by Gasteiger charge is -2.25. The average molecular weight is 479 g/mol. The van der Waals surface area contributed by atoms with Crippen LogP contribution in [0.4, 0.5) is 5.69 Å². The third-order valence-electron chi connectivity index (χ3n) is 5.26. The van der Waals surface area contributed by atoms with Gasteiger partial charge in [0.1, 0.15) is 13.2 Å². The van der Waals surface area contributed by atoms with Crippen molar-refractivity contribution in [2.75, 3.05) is 51.6 Å². The van der Waals surface area contributed by atoms with Crippen LogP contribution < -0.4 is 23.3 Å². The molecule has 180 valence electrons. The second kappa shape index (κ2) is 10.7. The summed E-state index contributed by atoms with van der Waals surface area (Å²) in [6.45, 7) is 1.45. The van der Waals surface area contributed by atoms with E-state index in [4.69, 9.17) is 18.9 Å². The third-order valence-corrected chi connectivity index (χ3v) is 6.45. The minimum atomic E-state index is -3.54. The molecule has 0 saturated carbocycles. The van der Waals surface area contributed by atoms with Crippen molar-refractivity contribution >= 4 is 21.6 Å². The summed E-state index contributed by atoms with van der Waals surface area (Å²) in [6, 6.07) is 10.5. The Morgan fingerprint density at radius 2 is 1.70 bits per heavy atom. The quantitative estimate of drug-likeness (QED) is 0.518. The van der Waals surface area contributed by atoms with E-state index < -0.39 is 10.0 Å². The number of fused-ring (bicyclic) bond motifs is 1. The number of rotatable bonds is 10. The number of anilines is 1. The number of sulfonamides is 1. The van der Waals surface area contributed by atoms with Crippen molar-refractivity contribution in [2.24, 2.45) is 0 Å². The van der Waals surface area contributed by atoms with Gasteiger partial charge in [0.05, 0.1) is 26.2 Å². The predicted octanol–water partition coefficient (Wildman–Crippen LogP) is 2.68. The van der Waals surface area contributed by atoms with E-state index in [2.05, 4.69) is 0 Å². The van der Waals surface area contributed by atoms with E-state index in [0.29, 0.717) is 54.9 Å². The maximum absolute atomic E-state index is 12.6. The van der Waals surface area contributed by atoms with Gasteiger partial charge in [-0.25, -0.2) is 8.42 Å². The highest BCUT2D eigenvalue weighted by molar-refractivity contribution is 7.92. The maximum atomic E-state index is 12.6. The fraction of sp³-hybridized carbons (Fsp3) is 0.435. The number of methoxy groups -OCH3 is 2. The highest BCUT2D eigenvalue weighted by Crippen LogP contribution is 2.35. The maximum Gasteiger partial charge on any atom is 0.232 e. The van der Waals surface area contributed by atoms with Crippen molar-refractivity contribution in [3.05, 3.63) is 42.0 Å². The third kappa shape index (κ3) is 6.22. The average Bonchev–Trinajstić information content (AvgIpc) is 2.80. The second-order valence-corrected chi connectivity index (χ2v) is 9.61. The molecule has 0 saturated heterocycles. The fourth-order valence-corrected chi connectivity index (χ4v) is 4.54. The first-order valence-electron chi connectivity index (χ1n) is 10.5. The molecule has 1 aliphatic rings. The van der Waals surface area contributed by atoms with Gasteiger partial charge >= 0.3 is 0 Å². The zero-order valence-electron chi connectivity index (χ0n) is 19.4. The molecule has 1 heterocycles. The minimum Gasteiger partial charge on any atom is -0.493 e. The highest BCUT2D eigenvalue weighted by Gasteiger charge is 2.21. The van der Waals surface area contributed by atoms with Crippen molar-refractivity contribution < 1.29 is 32.2 Å². The molecule has 0 unspecified atom stereocenters. The lowest BCUT2D eigenvalue weighted by Crippen LogP contribution is -2.32. The summed E-state index contributed by atoms with van der Waals surface area (Å²) in [5.41, 5.74) is 1.38. The van der Waals surface area contributed by atoms with Crippen LogP contribution >= 0.6 is 0 Å². The Hall–Kier alpha value is -3.14. The van der Waals surface area contributed by atoms with E-state index in [1.807, 2.05) is 12.1 Å². The van der Waals surface area contributed by atoms with E-state index >= 15 is 0 Å². The molecule has 0 aromatic heterocycles. The summed E-state index contributed by atoms with van der Waals surface area (Å²) in [5.74, 6) is 2.23. The van der Waals surface area contributed by atoms with Crippen LogP contribution in [0.1, 0.15) is 18.4 Å². The number of carbonyl (C=O) groups excluding carboxylic acids is 1. The first kappa shape index (κ1) is 24.5. The molecule has 0 atom stereocenters. The molecule has 3 rings (SSSR count). The molecule has 0 N–H and O–H groups in total. The zero-order chi connectivity index (χ0) is 24.0. The molecule has 9 nitrogen and oxygen atoms in total. The molecule has 0 radical (unpaired) electrons. The second-order valence-electron chi connectivity index (χ2n) is 7.71. The number of benzene rings is 2. The van der Waals surface area contributed by atoms with Gasteiger partial charge in [-0.3, -0.25) is 9.10 Å². The van der Waals surface area contributed by atoms with E-state index in [-0.39, 0.29) is 18.9 Å². The highest BCUT2D eigenvalue weighted by atomic mass is 32.2. The van der Waals surface area contributed by atoms with Gasteiger partial charge in [-0.05, 0) is 36.2 Å². The van der Waals surface area contributed by atoms with Crippen LogP contribution in [-0.4, -0.2) is 66.5 Å². The van der Waals surface area contributed by atoms with Gasteiger partial charge < -0.3 is 23.8 Å². The number of hydrogen-bond donors (Lipinski definition) is 0. The molecule has 2 aromatic rings. The summed E-state index contributed by atoms with van der Waals surface area (Å²) >= 11 is 0. The largest absolute Gasteiger partial charge is 0.493 e. The SMILES string of the molecule is COc1ccc(CN(C)C(=O)CCCN(c2ccc3c(c2)OCCO3)S(C)(=O)=O)cc1OC. The molecule has 0 aliphatic carbocycles. The molecule has 10 heteroatoms. The van der Waals surface area contributed by atoms with Crippen LogP contribution in [0.3, 0.4) is 0 Å². The summed E-state index contributed by atoms with van der Waals surface area (Å²) in [5, 5.41) is 0. The molecule has 1 amide bonds. The summed E-state index contributed by atoms with van der Waals surface area (Å²) in [4.78, 5) is 14.3. The Morgan fingerprint density at radius 1 is 1.00 bits per heavy atom. The zero-order valence-corrected chi connectivity index (χ0v) is 20.2. The Balaban J connectivity index is 1.60. The lowest BCUT2D eigenvalue weighted by molar-refractivity contribution is -0.130. The van der Waals surface area contributed by atoms with Crippen molar-refractivity contribution in [1.82, 2.24) is 4.90 Å². The van der Waals surface area contributed by atoms with Crippen molar-refractivity contribution in [3.8, 4) is 23.0 Å². The van der Waals surface area contributed by atoms with Crippen molar-refractivity contribution in [3.63, 3.8) is 0 Å². The van der Waals surface area contributed by atoms with E-state index in [9.17, 15) is 13.2 Å². The molecule has 2 aromatic carbocycles. The minimum absolute atomic E-state index is 0.0830. The Morgan fingerprint density at radius 3 is 2.36 bits per heavy atom. The number of ether oxygens (including phenoxy) is 4. The van der Waals surface area contributed by atoms with Crippen LogP contribution in [0.2, 0.25) is 0 Å². The van der Waals surface area contributed by atoms with Gasteiger partial charge in [0.2, 0.25) is 15.9 Å². The number of carbonyl (C=O) groups is 1. The van der Waals surface area contributed by atoms with Crippen LogP contribution in [0.25, 0.3) is 0 Å². The Bertz CT molecular complexity index is 1090. The topological polar surface area (TPSA) is 94.6 Å². The summed E-state index contributed by atoms with van der Waals surface area (Å²) in [7, 11) is 1.31. The molecule has 0 bridgehead atoms. The van der Waals surface area contributed by atoms with Gasteiger partial charge in [-0.2, -0.15) is 0 Å². The Kier molecular flexibility index (Phi) is 7.91. The lowest BCUT2D eigenvalue weighted by atomic mass is 10.1. The first-order chi connectivity index (χ1) is 15.7. The Labute approximate surface area is 194 Å². The van der Waals surface area contributed by atoms with Gasteiger partial charge in [0.25, 0.3) is 0 Å². The molecular weight excluding hydrogens is 448 g/mol. The summed E-state index contributed by atoms with van der Waals surface area (Å²) in [6.07, 6.45) is 1.73. The number of amides is 1. The monoisotopic (exact) mass is 478 g/mol. The van der Waals surface area contributed by atoms with Gasteiger partial charge in [0, 0.05) is 32.6 Å². The molecule has 1 aliphatic heterocycles. The normalized spacial score (nSPS) is 12.7. The first-order valence-corrected chi connectivity index (χ1v) is 12.4. The van der Waals surface area contributed by atoms with Gasteiger partial charge in [0.15, 0.2) is 23.0 Å². The fourth-order valence-electron chi connectivity index (χ4n) is 3.58. The molecule has 33 heavy (non-hydrogen) atoms. The molecule has 0 fully saturated rings. The summed E-state index contributed by atoms with van der Waals surface area (Å²) < 4.78 is 47.7. The molecule has 0 spiro atoms. The smallest absolute Gasteiger partial charge is 0.232 e. The number of hydrogen-bond acceptors (Lipinski definition) is 7. The van der Waals surface area contributed by atoms with E-state index in [1.54, 1.807) is 50.4 Å². The predicted molar refractivity (Wildman–Crippen MR) is 125 cm³/mol. The van der Waals surface area contributed by atoms with Gasteiger partial charge in [-0.1, -0.05) is 6.07 Å². The van der Waals surface area contributed by atoms with Crippen LogP contribution in [0.15, 0.2) is 36.4 Å². The van der Waals surface area contributed by atoms with E-state index in [0.717, 1.165) is 11.8 Å². The van der Waals surface area contributed by atoms with Crippen molar-refractivity contribution in [2.45, 2.75) is 19.4 Å². The van der Waals surface area contributed by atoms with Crippen molar-refractivity contribution in [1.29, 1.82) is 0 Å². The van der Waals surface area contributed by atoms with Gasteiger partial charge in [-0.15, -0.1) is 0 Å². The van der Waals surface area contributed by atoms with Crippen LogP contribution in [0.5, 0.6) is 23.0 Å². The van der Waals surface area contributed by atoms with Crippen LogP contribution in [-0.2, 0) is 21.4 Å². The van der Waals surface area contributed by atoms with Crippen LogP contribution in [0, 0.1) is 0 Å². The van der Waals surface area contributed by atoms with E-state index in [1.165, 1.54) is 4.31 Å².